The first kappa shape index (κ1) is 1.46. The Bertz CT molecular complexity index is 84.3. The molecule has 0 atom stereocenters. The fourth-order valence-electron chi connectivity index (χ4n) is 0.417. The zero-order valence-corrected chi connectivity index (χ0v) is 3.07. The summed E-state index contributed by atoms with van der Waals surface area (Å²) in [5.74, 6) is 0. The summed E-state index contributed by atoms with van der Waals surface area (Å²) >= 11 is 0. The average molecular weight is 70.1 g/mol. The van der Waals surface area contributed by atoms with Gasteiger partial charge in [0.1, 0.15) is 0 Å². The molecular weight excluding hydrogens is 60.1 g/mol. The molecule has 0 spiro atoms. The largest absolute Gasteiger partial charge is 0.0885 e. The molecule has 0 aromatic heterocycles. The van der Waals surface area contributed by atoms with E-state index in [1.165, 1.54) is 0 Å². The van der Waals surface area contributed by atoms with E-state index in [-0.39, 0.29) is 0 Å². The van der Waals surface area contributed by atoms with Gasteiger partial charge < -0.3 is 0 Å². The minimum absolute atomic E-state index is 0.604. The second-order valence-electron chi connectivity index (χ2n) is 1.13. The smallest absolute Gasteiger partial charge is 0.0273 e. The molecule has 1 aliphatic rings. The second kappa shape index (κ2) is 1.25. The van der Waals surface area contributed by atoms with E-state index in [9.17, 15) is 0 Å². The Balaban J connectivity index is 2.49. The summed E-state index contributed by atoms with van der Waals surface area (Å²) in [6.45, 7) is 0. The molecule has 28 valence electrons. The summed E-state index contributed by atoms with van der Waals surface area (Å²) < 4.78 is 14.2. The Kier molecular flexibility index (Phi) is 0.365. The van der Waals surface area contributed by atoms with Crippen LogP contribution in [0.5, 0.6) is 0 Å². The van der Waals surface area contributed by atoms with Gasteiger partial charge in [0.2, 0.25) is 0 Å². The molecule has 0 fully saturated rings. The van der Waals surface area contributed by atoms with Crippen molar-refractivity contribution in [2.24, 2.45) is 0 Å². The van der Waals surface area contributed by atoms with Crippen molar-refractivity contribution in [2.45, 2.75) is 19.2 Å². The molecule has 0 amide bonds. The van der Waals surface area contributed by atoms with E-state index in [0.717, 1.165) is 0 Å². The van der Waals surface area contributed by atoms with Crippen molar-refractivity contribution in [3.63, 3.8) is 0 Å². The molecule has 0 bridgehead atoms. The number of allylic oxidation sites excluding steroid dienone is 2. The highest BCUT2D eigenvalue weighted by molar-refractivity contribution is 4.88. The zero-order chi connectivity index (χ0) is 5.33. The topological polar surface area (TPSA) is 0 Å². The van der Waals surface area contributed by atoms with Crippen LogP contribution in [-0.2, 0) is 0 Å². The quantitative estimate of drug-likeness (QED) is 0.381. The molecule has 0 heteroatoms. The average Bonchev–Trinajstić information content (AvgIpc) is 1.84. The van der Waals surface area contributed by atoms with E-state index in [1.54, 1.807) is 0 Å². The fraction of sp³-hybridized carbons (Fsp3) is 0.600. The van der Waals surface area contributed by atoms with Crippen LogP contribution < -0.4 is 0 Å². The van der Waals surface area contributed by atoms with Gasteiger partial charge in [0.05, 0.1) is 0 Å². The monoisotopic (exact) mass is 70.1 g/mol. The zero-order valence-electron chi connectivity index (χ0n) is 5.07. The summed E-state index contributed by atoms with van der Waals surface area (Å²) in [6.07, 6.45) is 4.07. The van der Waals surface area contributed by atoms with Crippen LogP contribution >= 0.6 is 0 Å². The first-order chi connectivity index (χ1) is 3.21. The van der Waals surface area contributed by atoms with E-state index < -0.39 is 6.37 Å². The van der Waals surface area contributed by atoms with Gasteiger partial charge in [-0.3, -0.25) is 0 Å². The first-order valence-corrected chi connectivity index (χ1v) is 1.86. The van der Waals surface area contributed by atoms with Crippen molar-refractivity contribution in [1.29, 1.82) is 0 Å². The molecule has 0 aliphatic heterocycles. The van der Waals surface area contributed by atoms with Crippen LogP contribution in [0.15, 0.2) is 12.2 Å². The number of rotatable bonds is 0. The Morgan fingerprint density at radius 3 is 2.20 bits per heavy atom. The Morgan fingerprint density at radius 1 is 1.40 bits per heavy atom. The number of hydrogen-bond acceptors (Lipinski definition) is 0. The minimum atomic E-state index is -0.917. The molecule has 0 unspecified atom stereocenters. The van der Waals surface area contributed by atoms with E-state index in [4.69, 9.17) is 2.74 Å². The first-order valence-electron chi connectivity index (χ1n) is 2.86. The van der Waals surface area contributed by atoms with E-state index >= 15 is 0 Å². The number of hydrogen-bond donors (Lipinski definition) is 0. The van der Waals surface area contributed by atoms with Crippen LogP contribution in [0, 0.1) is 0 Å². The molecular formula is C5H8. The summed E-state index contributed by atoms with van der Waals surface area (Å²) in [4.78, 5) is 0. The van der Waals surface area contributed by atoms with Gasteiger partial charge in [-0.05, 0) is 19.2 Å². The molecule has 1 aliphatic carbocycles. The molecule has 5 heavy (non-hydrogen) atoms. The van der Waals surface area contributed by atoms with Crippen molar-refractivity contribution in [3.05, 3.63) is 12.2 Å². The molecule has 0 saturated carbocycles. The molecule has 0 aromatic rings. The van der Waals surface area contributed by atoms with Gasteiger partial charge in [-0.2, -0.15) is 0 Å². The SMILES string of the molecule is [2H]C1([2H])CC=CC1. The van der Waals surface area contributed by atoms with Gasteiger partial charge >= 0.3 is 0 Å². The highest BCUT2D eigenvalue weighted by Gasteiger charge is 1.84. The van der Waals surface area contributed by atoms with Gasteiger partial charge in [0, 0.05) is 2.74 Å². The van der Waals surface area contributed by atoms with E-state index in [2.05, 4.69) is 0 Å². The van der Waals surface area contributed by atoms with Crippen molar-refractivity contribution in [1.82, 2.24) is 0 Å². The van der Waals surface area contributed by atoms with Gasteiger partial charge in [0.25, 0.3) is 0 Å². The predicted molar refractivity (Wildman–Crippen MR) is 23.0 cm³/mol. The van der Waals surface area contributed by atoms with Crippen LogP contribution in [0.3, 0.4) is 0 Å². The van der Waals surface area contributed by atoms with Gasteiger partial charge in [-0.25, -0.2) is 0 Å². The Labute approximate surface area is 35.3 Å². The Hall–Kier alpha value is -0.260. The normalized spacial score (nSPS) is 36.8. The van der Waals surface area contributed by atoms with Crippen molar-refractivity contribution in [2.75, 3.05) is 0 Å². The van der Waals surface area contributed by atoms with Crippen molar-refractivity contribution < 1.29 is 2.74 Å². The van der Waals surface area contributed by atoms with Crippen molar-refractivity contribution >= 4 is 0 Å². The maximum atomic E-state index is 7.09. The minimum Gasteiger partial charge on any atom is -0.0885 e. The third-order valence-electron chi connectivity index (χ3n) is 0.691. The molecule has 0 radical (unpaired) electrons. The van der Waals surface area contributed by atoms with Gasteiger partial charge in [-0.15, -0.1) is 0 Å². The molecule has 0 nitrogen and oxygen atoms in total. The Morgan fingerprint density at radius 2 is 2.00 bits per heavy atom. The third kappa shape index (κ3) is 0.504. The highest BCUT2D eigenvalue weighted by Crippen LogP contribution is 2.05. The van der Waals surface area contributed by atoms with Crippen LogP contribution in [0.25, 0.3) is 0 Å². The summed E-state index contributed by atoms with van der Waals surface area (Å²) in [5.41, 5.74) is 0. The maximum absolute atomic E-state index is 7.09. The van der Waals surface area contributed by atoms with Gasteiger partial charge in [-0.1, -0.05) is 12.2 Å². The summed E-state index contributed by atoms with van der Waals surface area (Å²) in [7, 11) is 0. The molecule has 1 rings (SSSR count). The van der Waals surface area contributed by atoms with Crippen LogP contribution in [-0.4, -0.2) is 0 Å². The lowest BCUT2D eigenvalue weighted by atomic mass is 10.4. The maximum Gasteiger partial charge on any atom is 0.0273 e. The summed E-state index contributed by atoms with van der Waals surface area (Å²) in [6, 6.07) is 0. The van der Waals surface area contributed by atoms with E-state index in [0.29, 0.717) is 12.8 Å². The lowest BCUT2D eigenvalue weighted by molar-refractivity contribution is 0.929. The van der Waals surface area contributed by atoms with E-state index in [1.807, 2.05) is 12.2 Å². The lowest BCUT2D eigenvalue weighted by Crippen LogP contribution is -1.50. The van der Waals surface area contributed by atoms with Crippen LogP contribution in [0.2, 0.25) is 0 Å². The molecule has 0 heterocycles. The summed E-state index contributed by atoms with van der Waals surface area (Å²) in [5, 5.41) is 0. The molecule has 0 aromatic carbocycles. The molecule has 0 N–H and O–H groups in total. The lowest BCUT2D eigenvalue weighted by Gasteiger charge is -1.69. The third-order valence-corrected chi connectivity index (χ3v) is 0.691. The van der Waals surface area contributed by atoms with Gasteiger partial charge in [0.15, 0.2) is 0 Å². The van der Waals surface area contributed by atoms with Crippen LogP contribution in [0.1, 0.15) is 22.0 Å². The molecule has 0 saturated heterocycles. The standard InChI is InChI=1S/C5H8/c1-2-4-5-3-1/h1-2H,3-5H2/i5D2. The highest BCUT2D eigenvalue weighted by atomic mass is 13.9. The fourth-order valence-corrected chi connectivity index (χ4v) is 0.417. The van der Waals surface area contributed by atoms with Crippen molar-refractivity contribution in [3.8, 4) is 0 Å². The predicted octanol–water partition coefficient (Wildman–Crippen LogP) is 1.73. The second-order valence-corrected chi connectivity index (χ2v) is 1.13. The van der Waals surface area contributed by atoms with Crippen LogP contribution in [0.4, 0.5) is 0 Å².